The van der Waals surface area contributed by atoms with Crippen molar-refractivity contribution in [3.63, 3.8) is 0 Å². The second kappa shape index (κ2) is 4.62. The summed E-state index contributed by atoms with van der Waals surface area (Å²) in [6.07, 6.45) is 0.326. The van der Waals surface area contributed by atoms with E-state index in [0.717, 1.165) is 5.56 Å². The van der Waals surface area contributed by atoms with Crippen LogP contribution in [0.3, 0.4) is 0 Å². The van der Waals surface area contributed by atoms with Crippen LogP contribution in [0.1, 0.15) is 12.5 Å². The molecule has 92 valence electrons. The molecule has 5 nitrogen and oxygen atoms in total. The fourth-order valence-electron chi connectivity index (χ4n) is 1.66. The summed E-state index contributed by atoms with van der Waals surface area (Å²) in [5, 5.41) is 9.37. The molecule has 1 aliphatic rings. The van der Waals surface area contributed by atoms with Crippen LogP contribution in [0.2, 0.25) is 5.02 Å². The van der Waals surface area contributed by atoms with Gasteiger partial charge in [0.1, 0.15) is 5.92 Å². The van der Waals surface area contributed by atoms with E-state index >= 15 is 0 Å². The van der Waals surface area contributed by atoms with E-state index in [1.54, 1.807) is 24.3 Å². The molecule has 17 heavy (non-hydrogen) atoms. The lowest BCUT2D eigenvalue weighted by atomic mass is 9.93. The summed E-state index contributed by atoms with van der Waals surface area (Å²) in [6, 6.07) is 7.00. The zero-order valence-corrected chi connectivity index (χ0v) is 9.81. The van der Waals surface area contributed by atoms with Crippen LogP contribution in [0, 0.1) is 5.92 Å². The minimum absolute atomic E-state index is 0.326. The first-order chi connectivity index (χ1) is 8.05. The molecule has 2 rings (SSSR count). The van der Waals surface area contributed by atoms with Gasteiger partial charge in [0.2, 0.25) is 0 Å². The molecule has 1 aliphatic heterocycles. The standard InChI is InChI=1S/C11H11ClO5/c1-11(16-14)9(10(13)15-17-11)6-7-2-4-8(12)5-3-7/h2-5,9,14H,6H2,1H3. The van der Waals surface area contributed by atoms with Crippen molar-refractivity contribution < 1.29 is 24.7 Å². The van der Waals surface area contributed by atoms with Crippen LogP contribution in [0.15, 0.2) is 24.3 Å². The topological polar surface area (TPSA) is 65.0 Å². The Morgan fingerprint density at radius 3 is 2.71 bits per heavy atom. The summed E-state index contributed by atoms with van der Waals surface area (Å²) < 4.78 is 0. The predicted octanol–water partition coefficient (Wildman–Crippen LogP) is 2.19. The zero-order valence-electron chi connectivity index (χ0n) is 9.05. The van der Waals surface area contributed by atoms with Crippen molar-refractivity contribution in [3.8, 4) is 0 Å². The van der Waals surface area contributed by atoms with Crippen molar-refractivity contribution in [2.75, 3.05) is 0 Å². The molecule has 6 heteroatoms. The molecule has 2 unspecified atom stereocenters. The third-order valence-corrected chi connectivity index (χ3v) is 2.99. The van der Waals surface area contributed by atoms with Gasteiger partial charge in [-0.2, -0.15) is 4.89 Å². The van der Waals surface area contributed by atoms with Gasteiger partial charge in [0, 0.05) is 5.02 Å². The molecule has 0 amide bonds. The maximum Gasteiger partial charge on any atom is 0.351 e. The minimum Gasteiger partial charge on any atom is -0.295 e. The number of hydrogen-bond donors (Lipinski definition) is 1. The molecule has 0 spiro atoms. The molecule has 1 fully saturated rings. The predicted molar refractivity (Wildman–Crippen MR) is 57.9 cm³/mol. The van der Waals surface area contributed by atoms with E-state index in [4.69, 9.17) is 16.9 Å². The molecule has 0 aliphatic carbocycles. The molecule has 1 heterocycles. The van der Waals surface area contributed by atoms with Crippen LogP contribution < -0.4 is 0 Å². The molecule has 1 aromatic rings. The van der Waals surface area contributed by atoms with Gasteiger partial charge in [-0.15, -0.1) is 4.89 Å². The van der Waals surface area contributed by atoms with Gasteiger partial charge in [0.25, 0.3) is 5.79 Å². The maximum atomic E-state index is 11.5. The van der Waals surface area contributed by atoms with E-state index in [9.17, 15) is 4.79 Å². The SMILES string of the molecule is CC1(OO)OOC(=O)C1Cc1ccc(Cl)cc1. The molecular weight excluding hydrogens is 248 g/mol. The first-order valence-electron chi connectivity index (χ1n) is 5.02. The number of carbonyl (C=O) groups is 1. The Bertz CT molecular complexity index is 418. The molecular formula is C11H11ClO5. The summed E-state index contributed by atoms with van der Waals surface area (Å²) in [5.41, 5.74) is 0.866. The highest BCUT2D eigenvalue weighted by Crippen LogP contribution is 2.33. The smallest absolute Gasteiger partial charge is 0.295 e. The van der Waals surface area contributed by atoms with Crippen molar-refractivity contribution in [1.82, 2.24) is 0 Å². The van der Waals surface area contributed by atoms with Gasteiger partial charge in [-0.05, 0) is 31.0 Å². The van der Waals surface area contributed by atoms with Crippen molar-refractivity contribution in [1.29, 1.82) is 0 Å². The van der Waals surface area contributed by atoms with Gasteiger partial charge in [0.15, 0.2) is 0 Å². The second-order valence-electron chi connectivity index (χ2n) is 3.98. The zero-order chi connectivity index (χ0) is 12.5. The number of halogens is 1. The average Bonchev–Trinajstić information content (AvgIpc) is 2.61. The number of carbonyl (C=O) groups excluding carboxylic acids is 1. The summed E-state index contributed by atoms with van der Waals surface area (Å²) in [5.74, 6) is -2.78. The van der Waals surface area contributed by atoms with E-state index in [-0.39, 0.29) is 0 Å². The Balaban J connectivity index is 2.16. The number of hydrogen-bond acceptors (Lipinski definition) is 5. The lowest BCUT2D eigenvalue weighted by Gasteiger charge is -2.20. The van der Waals surface area contributed by atoms with Crippen molar-refractivity contribution in [3.05, 3.63) is 34.9 Å². The Morgan fingerprint density at radius 1 is 1.47 bits per heavy atom. The molecule has 1 N–H and O–H groups in total. The van der Waals surface area contributed by atoms with Crippen LogP contribution in [0.4, 0.5) is 0 Å². The number of rotatable bonds is 3. The molecule has 1 saturated heterocycles. The average molecular weight is 259 g/mol. The third kappa shape index (κ3) is 2.42. The van der Waals surface area contributed by atoms with Gasteiger partial charge >= 0.3 is 5.97 Å². The van der Waals surface area contributed by atoms with E-state index in [2.05, 4.69) is 14.7 Å². The first-order valence-corrected chi connectivity index (χ1v) is 5.39. The first kappa shape index (κ1) is 12.3. The van der Waals surface area contributed by atoms with E-state index in [1.165, 1.54) is 6.92 Å². The van der Waals surface area contributed by atoms with Crippen LogP contribution >= 0.6 is 11.6 Å². The molecule has 1 aromatic carbocycles. The summed E-state index contributed by atoms with van der Waals surface area (Å²) in [6.45, 7) is 1.43. The highest BCUT2D eigenvalue weighted by Gasteiger charge is 2.51. The minimum atomic E-state index is -1.48. The van der Waals surface area contributed by atoms with E-state index in [1.807, 2.05) is 0 Å². The van der Waals surface area contributed by atoms with Crippen LogP contribution in [-0.4, -0.2) is 17.0 Å². The molecule has 0 saturated carbocycles. The molecule has 0 aromatic heterocycles. The Morgan fingerprint density at radius 2 is 2.12 bits per heavy atom. The highest BCUT2D eigenvalue weighted by atomic mass is 35.5. The van der Waals surface area contributed by atoms with Gasteiger partial charge in [-0.25, -0.2) is 10.1 Å². The fraction of sp³-hybridized carbons (Fsp3) is 0.364. The van der Waals surface area contributed by atoms with Crippen LogP contribution in [0.25, 0.3) is 0 Å². The fourth-order valence-corrected chi connectivity index (χ4v) is 1.78. The summed E-state index contributed by atoms with van der Waals surface area (Å²) >= 11 is 5.76. The highest BCUT2D eigenvalue weighted by molar-refractivity contribution is 6.30. The Labute approximate surface area is 103 Å². The van der Waals surface area contributed by atoms with Gasteiger partial charge < -0.3 is 0 Å². The molecule has 2 atom stereocenters. The van der Waals surface area contributed by atoms with Crippen LogP contribution in [-0.2, 0) is 25.9 Å². The van der Waals surface area contributed by atoms with Gasteiger partial charge in [-0.3, -0.25) is 4.89 Å². The quantitative estimate of drug-likeness (QED) is 0.665. The summed E-state index contributed by atoms with van der Waals surface area (Å²) in [7, 11) is 0. The summed E-state index contributed by atoms with van der Waals surface area (Å²) in [4.78, 5) is 24.7. The maximum absolute atomic E-state index is 11.5. The molecule has 0 bridgehead atoms. The van der Waals surface area contributed by atoms with Crippen molar-refractivity contribution in [2.45, 2.75) is 19.1 Å². The largest absolute Gasteiger partial charge is 0.351 e. The monoisotopic (exact) mass is 258 g/mol. The Hall–Kier alpha value is -1.14. The van der Waals surface area contributed by atoms with Gasteiger partial charge in [0.05, 0.1) is 0 Å². The van der Waals surface area contributed by atoms with Crippen molar-refractivity contribution in [2.24, 2.45) is 5.92 Å². The second-order valence-corrected chi connectivity index (χ2v) is 4.41. The lowest BCUT2D eigenvalue weighted by molar-refractivity contribution is -0.459. The van der Waals surface area contributed by atoms with Crippen molar-refractivity contribution >= 4 is 17.6 Å². The molecule has 0 radical (unpaired) electrons. The van der Waals surface area contributed by atoms with E-state index < -0.39 is 17.7 Å². The van der Waals surface area contributed by atoms with E-state index in [0.29, 0.717) is 11.4 Å². The van der Waals surface area contributed by atoms with Crippen LogP contribution in [0.5, 0.6) is 0 Å². The normalized spacial score (nSPS) is 28.2. The third-order valence-electron chi connectivity index (χ3n) is 2.74. The Kier molecular flexibility index (Phi) is 3.35. The lowest BCUT2D eigenvalue weighted by Crippen LogP contribution is -2.37. The van der Waals surface area contributed by atoms with Gasteiger partial charge in [-0.1, -0.05) is 23.7 Å². The number of benzene rings is 1.